The third-order valence-electron chi connectivity index (χ3n) is 2.75. The fourth-order valence-corrected chi connectivity index (χ4v) is 2.38. The van der Waals surface area contributed by atoms with Gasteiger partial charge in [0, 0.05) is 16.9 Å². The van der Waals surface area contributed by atoms with Crippen LogP contribution in [0.15, 0.2) is 41.1 Å². The van der Waals surface area contributed by atoms with E-state index in [1.165, 1.54) is 0 Å². The van der Waals surface area contributed by atoms with Crippen molar-refractivity contribution in [3.05, 3.63) is 52.4 Å². The summed E-state index contributed by atoms with van der Waals surface area (Å²) >= 11 is 3.53. The Balaban J connectivity index is 2.23. The molecule has 2 rings (SSSR count). The minimum atomic E-state index is 0.141. The minimum absolute atomic E-state index is 0.141. The van der Waals surface area contributed by atoms with Gasteiger partial charge in [-0.25, -0.2) is 4.98 Å². The molecule has 18 heavy (non-hydrogen) atoms. The molecule has 0 bridgehead atoms. The largest absolute Gasteiger partial charge is 0.384 e. The summed E-state index contributed by atoms with van der Waals surface area (Å²) in [6.07, 6.45) is 4.34. The summed E-state index contributed by atoms with van der Waals surface area (Å²) in [5.41, 5.74) is 7.82. The predicted octanol–water partition coefficient (Wildman–Crippen LogP) is 2.32. The predicted molar refractivity (Wildman–Crippen MR) is 76.1 cm³/mol. The number of hydrogen-bond donors (Lipinski definition) is 2. The van der Waals surface area contributed by atoms with Crippen molar-refractivity contribution in [1.29, 1.82) is 0 Å². The summed E-state index contributed by atoms with van der Waals surface area (Å²) in [6, 6.07) is 7.90. The average molecular weight is 307 g/mol. The van der Waals surface area contributed by atoms with Crippen LogP contribution >= 0.6 is 15.9 Å². The van der Waals surface area contributed by atoms with Gasteiger partial charge in [0.15, 0.2) is 0 Å². The summed E-state index contributed by atoms with van der Waals surface area (Å²) < 4.78 is 1.01. The molecule has 3 N–H and O–H groups in total. The molecular weight excluding hydrogens is 292 g/mol. The van der Waals surface area contributed by atoms with Gasteiger partial charge < -0.3 is 11.1 Å². The lowest BCUT2D eigenvalue weighted by Crippen LogP contribution is -2.20. The molecule has 0 radical (unpaired) electrons. The van der Waals surface area contributed by atoms with Gasteiger partial charge in [-0.15, -0.1) is 0 Å². The maximum absolute atomic E-state index is 5.69. The zero-order chi connectivity index (χ0) is 13.0. The molecular formula is C13H15BrN4. The number of hydrogen-bond acceptors (Lipinski definition) is 4. The van der Waals surface area contributed by atoms with Gasteiger partial charge in [0.25, 0.3) is 0 Å². The lowest BCUT2D eigenvalue weighted by molar-refractivity contribution is 0.573. The van der Waals surface area contributed by atoms with Gasteiger partial charge in [-0.05, 0) is 59.2 Å². The van der Waals surface area contributed by atoms with E-state index in [2.05, 4.69) is 31.2 Å². The second-order valence-corrected chi connectivity index (χ2v) is 4.86. The number of halogens is 1. The number of nitrogen functional groups attached to an aromatic ring is 1. The second kappa shape index (κ2) is 5.93. The molecule has 2 aromatic rings. The van der Waals surface area contributed by atoms with Crippen LogP contribution in [0.4, 0.5) is 5.82 Å². The van der Waals surface area contributed by atoms with Crippen LogP contribution in [0.5, 0.6) is 0 Å². The number of anilines is 1. The Bertz CT molecular complexity index is 530. The molecule has 2 aromatic heterocycles. The zero-order valence-corrected chi connectivity index (χ0v) is 11.7. The minimum Gasteiger partial charge on any atom is -0.384 e. The molecule has 0 saturated carbocycles. The van der Waals surface area contributed by atoms with E-state index in [0.717, 1.165) is 22.2 Å². The standard InChI is InChI=1S/C13H15BrN4/c1-16-11(13-10(14)3-2-5-18-13)7-9-4-6-17-12(15)8-9/h2-6,8,11,16H,7H2,1H3,(H2,15,17). The van der Waals surface area contributed by atoms with E-state index in [0.29, 0.717) is 5.82 Å². The van der Waals surface area contributed by atoms with E-state index in [1.54, 1.807) is 12.4 Å². The number of likely N-dealkylation sites (N-methyl/N-ethyl adjacent to an activating group) is 1. The second-order valence-electron chi connectivity index (χ2n) is 4.00. The fraction of sp³-hybridized carbons (Fsp3) is 0.231. The summed E-state index contributed by atoms with van der Waals surface area (Å²) in [5, 5.41) is 3.27. The molecule has 5 heteroatoms. The topological polar surface area (TPSA) is 63.8 Å². The molecule has 0 aliphatic rings. The molecule has 0 amide bonds. The Kier molecular flexibility index (Phi) is 4.28. The molecule has 0 aliphatic carbocycles. The van der Waals surface area contributed by atoms with Crippen molar-refractivity contribution in [1.82, 2.24) is 15.3 Å². The Morgan fingerprint density at radius 2 is 2.17 bits per heavy atom. The number of aromatic nitrogens is 2. The van der Waals surface area contributed by atoms with E-state index in [1.807, 2.05) is 31.3 Å². The summed E-state index contributed by atoms with van der Waals surface area (Å²) in [7, 11) is 1.93. The quantitative estimate of drug-likeness (QED) is 0.910. The third-order valence-corrected chi connectivity index (χ3v) is 3.42. The molecule has 1 unspecified atom stereocenters. The van der Waals surface area contributed by atoms with Crippen molar-refractivity contribution in [3.63, 3.8) is 0 Å². The molecule has 2 heterocycles. The lowest BCUT2D eigenvalue weighted by atomic mass is 10.0. The van der Waals surface area contributed by atoms with Crippen molar-refractivity contribution in [2.24, 2.45) is 0 Å². The highest BCUT2D eigenvalue weighted by atomic mass is 79.9. The van der Waals surface area contributed by atoms with Crippen LogP contribution in [-0.4, -0.2) is 17.0 Å². The Labute approximate surface area is 115 Å². The number of pyridine rings is 2. The molecule has 0 spiro atoms. The van der Waals surface area contributed by atoms with Crippen LogP contribution < -0.4 is 11.1 Å². The van der Waals surface area contributed by atoms with Crippen molar-refractivity contribution < 1.29 is 0 Å². The van der Waals surface area contributed by atoms with Gasteiger partial charge in [-0.2, -0.15) is 0 Å². The third kappa shape index (κ3) is 3.05. The highest BCUT2D eigenvalue weighted by molar-refractivity contribution is 9.10. The first-order chi connectivity index (χ1) is 8.70. The maximum atomic E-state index is 5.69. The van der Waals surface area contributed by atoms with Crippen LogP contribution in [0.3, 0.4) is 0 Å². The summed E-state index contributed by atoms with van der Waals surface area (Å²) in [5.74, 6) is 0.544. The van der Waals surface area contributed by atoms with E-state index in [4.69, 9.17) is 5.73 Å². The van der Waals surface area contributed by atoms with Gasteiger partial charge in [0.05, 0.1) is 11.7 Å². The Morgan fingerprint density at radius 3 is 2.83 bits per heavy atom. The van der Waals surface area contributed by atoms with Crippen LogP contribution in [-0.2, 0) is 6.42 Å². The molecule has 4 nitrogen and oxygen atoms in total. The van der Waals surface area contributed by atoms with Crippen LogP contribution in [0.2, 0.25) is 0 Å². The van der Waals surface area contributed by atoms with Crippen molar-refractivity contribution in [2.45, 2.75) is 12.5 Å². The van der Waals surface area contributed by atoms with Gasteiger partial charge in [-0.1, -0.05) is 0 Å². The van der Waals surface area contributed by atoms with Crippen LogP contribution in [0.25, 0.3) is 0 Å². The molecule has 0 saturated heterocycles. The first-order valence-corrected chi connectivity index (χ1v) is 6.48. The molecule has 0 aliphatic heterocycles. The van der Waals surface area contributed by atoms with E-state index in [9.17, 15) is 0 Å². The van der Waals surface area contributed by atoms with Crippen LogP contribution in [0, 0.1) is 0 Å². The molecule has 0 fully saturated rings. The van der Waals surface area contributed by atoms with E-state index >= 15 is 0 Å². The van der Waals surface area contributed by atoms with Gasteiger partial charge >= 0.3 is 0 Å². The molecule has 94 valence electrons. The number of nitrogens with two attached hydrogens (primary N) is 1. The maximum Gasteiger partial charge on any atom is 0.123 e. The van der Waals surface area contributed by atoms with Crippen molar-refractivity contribution >= 4 is 21.7 Å². The normalized spacial score (nSPS) is 12.3. The summed E-state index contributed by atoms with van der Waals surface area (Å²) in [6.45, 7) is 0. The zero-order valence-electron chi connectivity index (χ0n) is 10.1. The highest BCUT2D eigenvalue weighted by Gasteiger charge is 2.14. The number of nitrogens with one attached hydrogen (secondary N) is 1. The van der Waals surface area contributed by atoms with Gasteiger partial charge in [0.2, 0.25) is 0 Å². The smallest absolute Gasteiger partial charge is 0.123 e. The molecule has 1 atom stereocenters. The first-order valence-electron chi connectivity index (χ1n) is 5.69. The van der Waals surface area contributed by atoms with Crippen molar-refractivity contribution in [3.8, 4) is 0 Å². The highest BCUT2D eigenvalue weighted by Crippen LogP contribution is 2.23. The van der Waals surface area contributed by atoms with E-state index < -0.39 is 0 Å². The average Bonchev–Trinajstić information content (AvgIpc) is 2.37. The van der Waals surface area contributed by atoms with Gasteiger partial charge in [0.1, 0.15) is 5.82 Å². The van der Waals surface area contributed by atoms with Crippen LogP contribution in [0.1, 0.15) is 17.3 Å². The monoisotopic (exact) mass is 306 g/mol. The van der Waals surface area contributed by atoms with Crippen molar-refractivity contribution in [2.75, 3.05) is 12.8 Å². The van der Waals surface area contributed by atoms with Gasteiger partial charge in [-0.3, -0.25) is 4.98 Å². The Hall–Kier alpha value is -1.46. The SMILES string of the molecule is CNC(Cc1ccnc(N)c1)c1ncccc1Br. The molecule has 0 aromatic carbocycles. The number of rotatable bonds is 4. The van der Waals surface area contributed by atoms with E-state index in [-0.39, 0.29) is 6.04 Å². The first kappa shape index (κ1) is 13.0. The number of nitrogens with zero attached hydrogens (tertiary/aromatic N) is 2. The summed E-state index contributed by atoms with van der Waals surface area (Å²) in [4.78, 5) is 8.41. The fourth-order valence-electron chi connectivity index (χ4n) is 1.85. The lowest BCUT2D eigenvalue weighted by Gasteiger charge is -2.17. The Morgan fingerprint density at radius 1 is 1.33 bits per heavy atom.